The number of amides is 4. The van der Waals surface area contributed by atoms with Crippen molar-refractivity contribution in [3.63, 3.8) is 0 Å². The van der Waals surface area contributed by atoms with E-state index in [0.717, 1.165) is 16.2 Å². The van der Waals surface area contributed by atoms with E-state index in [9.17, 15) is 14.4 Å². The largest absolute Gasteiger partial charge is 0.496 e. The fraction of sp³-hybridized carbons (Fsp3) is 0.286. The van der Waals surface area contributed by atoms with Crippen molar-refractivity contribution in [1.29, 1.82) is 0 Å². The highest BCUT2D eigenvalue weighted by Crippen LogP contribution is 2.28. The number of carbonyl (C=O) groups excluding carboxylic acids is 3. The van der Waals surface area contributed by atoms with Gasteiger partial charge in [-0.1, -0.05) is 48.5 Å². The summed E-state index contributed by atoms with van der Waals surface area (Å²) < 4.78 is 5.29. The number of methoxy groups -OCH3 is 1. The highest BCUT2D eigenvalue weighted by Gasteiger charge is 2.49. The topological polar surface area (TPSA) is 87.7 Å². The predicted octanol–water partition coefficient (Wildman–Crippen LogP) is 1.82. The number of benzene rings is 2. The molecule has 2 aromatic rings. The zero-order chi connectivity index (χ0) is 20.1. The van der Waals surface area contributed by atoms with Crippen molar-refractivity contribution in [2.75, 3.05) is 20.2 Å². The van der Waals surface area contributed by atoms with Gasteiger partial charge in [0.25, 0.3) is 5.91 Å². The SMILES string of the molecule is COc1ccccc1CCNC(=O)CN1C(=O)NC(C)(c2ccccc2)C1=O. The molecular formula is C21H23N3O4. The number of nitrogens with zero attached hydrogens (tertiary/aromatic N) is 1. The summed E-state index contributed by atoms with van der Waals surface area (Å²) in [6.07, 6.45) is 0.581. The maximum absolute atomic E-state index is 12.8. The molecule has 7 nitrogen and oxygen atoms in total. The first-order valence-electron chi connectivity index (χ1n) is 9.04. The van der Waals surface area contributed by atoms with Crippen LogP contribution in [-0.2, 0) is 21.5 Å². The number of carbonyl (C=O) groups is 3. The second kappa shape index (κ2) is 8.12. The standard InChI is InChI=1S/C21H23N3O4/c1-21(16-9-4-3-5-10-16)19(26)24(20(27)23-21)14-18(25)22-13-12-15-8-6-7-11-17(15)28-2/h3-11H,12-14H2,1-2H3,(H,22,25)(H,23,27). The van der Waals surface area contributed by atoms with Crippen molar-refractivity contribution in [2.45, 2.75) is 18.9 Å². The zero-order valence-corrected chi connectivity index (χ0v) is 15.9. The van der Waals surface area contributed by atoms with Crippen molar-refractivity contribution in [2.24, 2.45) is 0 Å². The highest BCUT2D eigenvalue weighted by atomic mass is 16.5. The van der Waals surface area contributed by atoms with Crippen molar-refractivity contribution in [3.05, 3.63) is 65.7 Å². The van der Waals surface area contributed by atoms with Crippen LogP contribution in [0.25, 0.3) is 0 Å². The monoisotopic (exact) mass is 381 g/mol. The first kappa shape index (κ1) is 19.4. The number of rotatable bonds is 7. The zero-order valence-electron chi connectivity index (χ0n) is 15.9. The van der Waals surface area contributed by atoms with Crippen LogP contribution >= 0.6 is 0 Å². The summed E-state index contributed by atoms with van der Waals surface area (Å²) in [7, 11) is 1.60. The summed E-state index contributed by atoms with van der Waals surface area (Å²) in [5.74, 6) is -0.0798. The van der Waals surface area contributed by atoms with Gasteiger partial charge in [0.05, 0.1) is 7.11 Å². The molecule has 0 spiro atoms. The molecule has 2 N–H and O–H groups in total. The minimum Gasteiger partial charge on any atom is -0.496 e. The quantitative estimate of drug-likeness (QED) is 0.716. The minimum atomic E-state index is -1.17. The van der Waals surface area contributed by atoms with Gasteiger partial charge in [-0.2, -0.15) is 0 Å². The van der Waals surface area contributed by atoms with Crippen molar-refractivity contribution < 1.29 is 19.1 Å². The summed E-state index contributed by atoms with van der Waals surface area (Å²) in [6, 6.07) is 16.0. The molecule has 1 heterocycles. The number of para-hydroxylation sites is 1. The molecule has 1 unspecified atom stereocenters. The molecule has 1 fully saturated rings. The molecule has 0 bridgehead atoms. The van der Waals surface area contributed by atoms with Crippen LogP contribution in [0.15, 0.2) is 54.6 Å². The fourth-order valence-electron chi connectivity index (χ4n) is 3.25. The lowest BCUT2D eigenvalue weighted by atomic mass is 9.92. The Kier molecular flexibility index (Phi) is 5.63. The van der Waals surface area contributed by atoms with Crippen molar-refractivity contribution >= 4 is 17.8 Å². The van der Waals surface area contributed by atoms with E-state index in [1.54, 1.807) is 38.3 Å². The van der Waals surface area contributed by atoms with Gasteiger partial charge >= 0.3 is 6.03 Å². The van der Waals surface area contributed by atoms with E-state index in [1.165, 1.54) is 0 Å². The van der Waals surface area contributed by atoms with Gasteiger partial charge in [0.2, 0.25) is 5.91 Å². The smallest absolute Gasteiger partial charge is 0.325 e. The van der Waals surface area contributed by atoms with Crippen LogP contribution < -0.4 is 15.4 Å². The summed E-state index contributed by atoms with van der Waals surface area (Å²) in [4.78, 5) is 38.3. The number of urea groups is 1. The van der Waals surface area contributed by atoms with E-state index in [-0.39, 0.29) is 6.54 Å². The lowest BCUT2D eigenvalue weighted by Crippen LogP contribution is -2.43. The normalized spacial score (nSPS) is 18.7. The van der Waals surface area contributed by atoms with Gasteiger partial charge in [-0.15, -0.1) is 0 Å². The molecule has 0 radical (unpaired) electrons. The van der Waals surface area contributed by atoms with E-state index < -0.39 is 23.4 Å². The van der Waals surface area contributed by atoms with Crippen molar-refractivity contribution in [1.82, 2.24) is 15.5 Å². The number of hydrogen-bond donors (Lipinski definition) is 2. The summed E-state index contributed by atoms with van der Waals surface area (Å²) in [5.41, 5.74) is 0.472. The molecule has 1 aliphatic heterocycles. The van der Waals surface area contributed by atoms with Gasteiger partial charge in [-0.05, 0) is 30.5 Å². The molecule has 0 saturated carbocycles. The van der Waals surface area contributed by atoms with Crippen LogP contribution in [0.1, 0.15) is 18.1 Å². The van der Waals surface area contributed by atoms with Gasteiger partial charge in [-0.3, -0.25) is 14.5 Å². The van der Waals surface area contributed by atoms with Crippen LogP contribution in [0, 0.1) is 0 Å². The first-order valence-corrected chi connectivity index (χ1v) is 9.04. The number of imide groups is 1. The van der Waals surface area contributed by atoms with E-state index >= 15 is 0 Å². The van der Waals surface area contributed by atoms with Gasteiger partial charge in [0, 0.05) is 6.54 Å². The lowest BCUT2D eigenvalue weighted by Gasteiger charge is -2.22. The molecule has 28 heavy (non-hydrogen) atoms. The second-order valence-corrected chi connectivity index (χ2v) is 6.72. The summed E-state index contributed by atoms with van der Waals surface area (Å²) in [5, 5.41) is 5.44. The Morgan fingerprint density at radius 2 is 1.79 bits per heavy atom. The predicted molar refractivity (Wildman–Crippen MR) is 104 cm³/mol. The Morgan fingerprint density at radius 3 is 2.50 bits per heavy atom. The van der Waals surface area contributed by atoms with E-state index in [2.05, 4.69) is 10.6 Å². The fourth-order valence-corrected chi connectivity index (χ4v) is 3.25. The van der Waals surface area contributed by atoms with Gasteiger partial charge < -0.3 is 15.4 Å². The Bertz CT molecular complexity index is 884. The second-order valence-electron chi connectivity index (χ2n) is 6.72. The van der Waals surface area contributed by atoms with E-state index in [0.29, 0.717) is 18.5 Å². The van der Waals surface area contributed by atoms with Gasteiger partial charge in [-0.25, -0.2) is 4.79 Å². The van der Waals surface area contributed by atoms with Crippen LogP contribution in [0.4, 0.5) is 4.79 Å². The molecule has 0 aromatic heterocycles. The minimum absolute atomic E-state index is 0.320. The van der Waals surface area contributed by atoms with Gasteiger partial charge in [0.15, 0.2) is 0 Å². The molecule has 3 rings (SSSR count). The Labute approximate surface area is 163 Å². The molecule has 4 amide bonds. The molecule has 0 aliphatic carbocycles. The molecule has 1 atom stereocenters. The van der Waals surface area contributed by atoms with Crippen LogP contribution in [-0.4, -0.2) is 42.9 Å². The molecule has 1 aliphatic rings. The Balaban J connectivity index is 1.58. The summed E-state index contributed by atoms with van der Waals surface area (Å²) in [6.45, 7) is 1.69. The third-order valence-electron chi connectivity index (χ3n) is 4.84. The number of ether oxygens (including phenoxy) is 1. The van der Waals surface area contributed by atoms with E-state index in [4.69, 9.17) is 4.74 Å². The maximum atomic E-state index is 12.8. The van der Waals surface area contributed by atoms with Crippen LogP contribution in [0.2, 0.25) is 0 Å². The lowest BCUT2D eigenvalue weighted by molar-refractivity contribution is -0.134. The Morgan fingerprint density at radius 1 is 1.11 bits per heavy atom. The van der Waals surface area contributed by atoms with Crippen LogP contribution in [0.3, 0.4) is 0 Å². The molecular weight excluding hydrogens is 358 g/mol. The number of hydrogen-bond acceptors (Lipinski definition) is 4. The maximum Gasteiger partial charge on any atom is 0.325 e. The third kappa shape index (κ3) is 3.83. The highest BCUT2D eigenvalue weighted by molar-refractivity contribution is 6.09. The molecule has 2 aromatic carbocycles. The van der Waals surface area contributed by atoms with E-state index in [1.807, 2.05) is 30.3 Å². The van der Waals surface area contributed by atoms with Gasteiger partial charge in [0.1, 0.15) is 17.8 Å². The van der Waals surface area contributed by atoms with Crippen LogP contribution in [0.5, 0.6) is 5.75 Å². The first-order chi connectivity index (χ1) is 13.5. The third-order valence-corrected chi connectivity index (χ3v) is 4.84. The van der Waals surface area contributed by atoms with Crippen molar-refractivity contribution in [3.8, 4) is 5.75 Å². The number of nitrogens with one attached hydrogen (secondary N) is 2. The Hall–Kier alpha value is -3.35. The average molecular weight is 381 g/mol. The molecule has 146 valence electrons. The molecule has 1 saturated heterocycles. The average Bonchev–Trinajstić information content (AvgIpc) is 2.93. The molecule has 7 heteroatoms. The summed E-state index contributed by atoms with van der Waals surface area (Å²) >= 11 is 0.